The van der Waals surface area contributed by atoms with Crippen molar-refractivity contribution in [3.8, 4) is 6.07 Å². The minimum atomic E-state index is -1.07. The van der Waals surface area contributed by atoms with Gasteiger partial charge in [0.1, 0.15) is 23.1 Å². The molecule has 2 aliphatic rings. The summed E-state index contributed by atoms with van der Waals surface area (Å²) in [5.74, 6) is 1.64. The molecule has 10 heteroatoms. The van der Waals surface area contributed by atoms with Crippen molar-refractivity contribution in [3.05, 3.63) is 52.8 Å². The molecule has 0 bridgehead atoms. The van der Waals surface area contributed by atoms with Crippen LogP contribution in [0.2, 0.25) is 0 Å². The van der Waals surface area contributed by atoms with Crippen LogP contribution in [-0.2, 0) is 33.2 Å². The zero-order valence-corrected chi connectivity index (χ0v) is 22.4. The van der Waals surface area contributed by atoms with E-state index in [1.807, 2.05) is 45.0 Å². The second kappa shape index (κ2) is 9.45. The summed E-state index contributed by atoms with van der Waals surface area (Å²) in [5, 5.41) is 20.3. The Morgan fingerprint density at radius 3 is 2.68 bits per heavy atom. The Balaban J connectivity index is 1.45. The molecule has 2 aliphatic carbocycles. The smallest absolute Gasteiger partial charge is 0.408 e. The number of carbonyl (C=O) groups excluding carboxylic acids is 1. The monoisotopic (exact) mass is 520 g/mol. The van der Waals surface area contributed by atoms with Crippen molar-refractivity contribution >= 4 is 34.0 Å². The van der Waals surface area contributed by atoms with Gasteiger partial charge in [0.2, 0.25) is 0 Å². The predicted molar refractivity (Wildman–Crippen MR) is 142 cm³/mol. The highest BCUT2D eigenvalue weighted by molar-refractivity contribution is 7.83. The van der Waals surface area contributed by atoms with Gasteiger partial charge in [-0.2, -0.15) is 10.4 Å². The van der Waals surface area contributed by atoms with Crippen molar-refractivity contribution in [2.45, 2.75) is 69.8 Å². The van der Waals surface area contributed by atoms with Gasteiger partial charge in [-0.25, -0.2) is 14.3 Å². The Kier molecular flexibility index (Phi) is 6.44. The van der Waals surface area contributed by atoms with Gasteiger partial charge in [-0.05, 0) is 82.1 Å². The molecule has 1 atom stereocenters. The molecule has 37 heavy (non-hydrogen) atoms. The number of fused-ring (bicyclic) bond motifs is 1. The molecule has 194 valence electrons. The van der Waals surface area contributed by atoms with Crippen LogP contribution in [0.1, 0.15) is 68.8 Å². The molecule has 0 radical (unpaired) electrons. The summed E-state index contributed by atoms with van der Waals surface area (Å²) in [6.45, 7) is 5.51. The van der Waals surface area contributed by atoms with Crippen LogP contribution in [0.25, 0.3) is 5.65 Å². The summed E-state index contributed by atoms with van der Waals surface area (Å²) in [6.07, 6.45) is 7.66. The van der Waals surface area contributed by atoms with E-state index in [2.05, 4.69) is 26.8 Å². The number of nitriles is 1. The standard InChI is InChI=1S/C27H32N6O3S/c1-26(2,3)36-25(34)32-27(9-10-27)22-8-7-20(12-18(22)16-37(4)35)30-23-13-21(11-17-5-6-17)33-24(31-23)19(14-28)15-29-33/h7-8,12-13,15,17H,5-6,9-11,16H2,1-4H3,(H,30,31)(H,32,34). The van der Waals surface area contributed by atoms with Crippen molar-refractivity contribution in [2.75, 3.05) is 11.6 Å². The fourth-order valence-corrected chi connectivity index (χ4v) is 5.32. The van der Waals surface area contributed by atoms with E-state index < -0.39 is 28.0 Å². The minimum absolute atomic E-state index is 0.364. The molecule has 2 aromatic heterocycles. The first kappa shape index (κ1) is 25.2. The molecular weight excluding hydrogens is 488 g/mol. The second-order valence-corrected chi connectivity index (χ2v) is 12.5. The van der Waals surface area contributed by atoms with Crippen LogP contribution in [-0.4, -0.2) is 36.8 Å². The first-order valence-corrected chi connectivity index (χ1v) is 14.3. The maximum Gasteiger partial charge on any atom is 0.408 e. The Labute approximate surface area is 219 Å². The van der Waals surface area contributed by atoms with Crippen LogP contribution in [0.5, 0.6) is 0 Å². The van der Waals surface area contributed by atoms with Crippen molar-refractivity contribution in [1.82, 2.24) is 19.9 Å². The van der Waals surface area contributed by atoms with E-state index >= 15 is 0 Å². The lowest BCUT2D eigenvalue weighted by Gasteiger charge is -2.25. The summed E-state index contributed by atoms with van der Waals surface area (Å²) in [5.41, 5.74) is 3.54. The summed E-state index contributed by atoms with van der Waals surface area (Å²) < 4.78 is 19.5. The number of hydrogen-bond donors (Lipinski definition) is 2. The number of rotatable bonds is 8. The molecule has 1 amide bonds. The summed E-state index contributed by atoms with van der Waals surface area (Å²) in [4.78, 5) is 17.2. The first-order chi connectivity index (χ1) is 17.5. The highest BCUT2D eigenvalue weighted by Gasteiger charge is 2.47. The van der Waals surface area contributed by atoms with E-state index in [4.69, 9.17) is 4.74 Å². The quantitative estimate of drug-likeness (QED) is 0.442. The van der Waals surface area contributed by atoms with E-state index in [-0.39, 0.29) is 0 Å². The van der Waals surface area contributed by atoms with Crippen LogP contribution >= 0.6 is 0 Å². The van der Waals surface area contributed by atoms with Crippen LogP contribution in [0.15, 0.2) is 30.5 Å². The molecule has 1 aromatic carbocycles. The molecule has 3 aromatic rings. The maximum absolute atomic E-state index is 12.5. The van der Waals surface area contributed by atoms with E-state index in [0.717, 1.165) is 41.8 Å². The van der Waals surface area contributed by atoms with E-state index in [1.54, 1.807) is 17.0 Å². The number of nitrogens with zero attached hydrogens (tertiary/aromatic N) is 4. The van der Waals surface area contributed by atoms with Crippen LogP contribution < -0.4 is 10.6 Å². The molecule has 0 aliphatic heterocycles. The fraction of sp³-hybridized carbons (Fsp3) is 0.481. The number of nitrogens with one attached hydrogen (secondary N) is 2. The maximum atomic E-state index is 12.5. The average molecular weight is 521 g/mol. The van der Waals surface area contributed by atoms with Crippen molar-refractivity contribution in [2.24, 2.45) is 5.92 Å². The van der Waals surface area contributed by atoms with Crippen molar-refractivity contribution in [3.63, 3.8) is 0 Å². The Hall–Kier alpha value is -3.45. The molecule has 0 saturated heterocycles. The molecule has 2 heterocycles. The predicted octanol–water partition coefficient (Wildman–Crippen LogP) is 4.69. The van der Waals surface area contributed by atoms with Crippen molar-refractivity contribution in [1.29, 1.82) is 5.26 Å². The second-order valence-electron chi connectivity index (χ2n) is 11.1. The van der Waals surface area contributed by atoms with Gasteiger partial charge in [-0.1, -0.05) is 6.07 Å². The third-order valence-corrected chi connectivity index (χ3v) is 7.32. The number of alkyl carbamates (subject to hydrolysis) is 1. The lowest BCUT2D eigenvalue weighted by atomic mass is 9.98. The largest absolute Gasteiger partial charge is 0.444 e. The Morgan fingerprint density at radius 2 is 2.05 bits per heavy atom. The first-order valence-electron chi connectivity index (χ1n) is 12.5. The Bertz CT molecular complexity index is 1430. The van der Waals surface area contributed by atoms with Gasteiger partial charge in [0, 0.05) is 40.3 Å². The molecule has 2 fully saturated rings. The number of carbonyl (C=O) groups is 1. The molecule has 5 rings (SSSR count). The van der Waals surface area contributed by atoms with Gasteiger partial charge in [-0.3, -0.25) is 4.21 Å². The number of ether oxygens (including phenoxy) is 1. The lowest BCUT2D eigenvalue weighted by Crippen LogP contribution is -2.39. The third-order valence-electron chi connectivity index (χ3n) is 6.60. The van der Waals surface area contributed by atoms with E-state index in [0.29, 0.717) is 28.7 Å². The van der Waals surface area contributed by atoms with Crippen LogP contribution in [0.4, 0.5) is 16.3 Å². The van der Waals surface area contributed by atoms with Gasteiger partial charge in [0.25, 0.3) is 0 Å². The third kappa shape index (κ3) is 5.77. The number of amides is 1. The van der Waals surface area contributed by atoms with Gasteiger partial charge in [-0.15, -0.1) is 0 Å². The van der Waals surface area contributed by atoms with Gasteiger partial charge >= 0.3 is 6.09 Å². The molecule has 0 spiro atoms. The highest BCUT2D eigenvalue weighted by atomic mass is 32.2. The van der Waals surface area contributed by atoms with Gasteiger partial charge < -0.3 is 15.4 Å². The Morgan fingerprint density at radius 1 is 1.30 bits per heavy atom. The minimum Gasteiger partial charge on any atom is -0.444 e. The van der Waals surface area contributed by atoms with Crippen LogP contribution in [0, 0.1) is 17.2 Å². The number of aromatic nitrogens is 3. The lowest BCUT2D eigenvalue weighted by molar-refractivity contribution is 0.0495. The molecule has 1 unspecified atom stereocenters. The summed E-state index contributed by atoms with van der Waals surface area (Å²) in [6, 6.07) is 10.1. The topological polar surface area (TPSA) is 121 Å². The van der Waals surface area contributed by atoms with E-state index in [9.17, 15) is 14.3 Å². The summed E-state index contributed by atoms with van der Waals surface area (Å²) in [7, 11) is -1.07. The molecule has 2 saturated carbocycles. The van der Waals surface area contributed by atoms with Crippen molar-refractivity contribution < 1.29 is 13.7 Å². The number of hydrogen-bond acceptors (Lipinski definition) is 7. The van der Waals surface area contributed by atoms with Gasteiger partial charge in [0.05, 0.1) is 11.7 Å². The zero-order chi connectivity index (χ0) is 26.4. The molecule has 2 N–H and O–H groups in total. The normalized spacial score (nSPS) is 17.2. The highest BCUT2D eigenvalue weighted by Crippen LogP contribution is 2.48. The molecule has 9 nitrogen and oxygen atoms in total. The van der Waals surface area contributed by atoms with Crippen LogP contribution in [0.3, 0.4) is 0 Å². The summed E-state index contributed by atoms with van der Waals surface area (Å²) >= 11 is 0. The SMILES string of the molecule is CS(=O)Cc1cc(Nc2cc(CC3CC3)n3ncc(C#N)c3n2)ccc1C1(NC(=O)OC(C)(C)C)CC1. The van der Waals surface area contributed by atoms with Gasteiger partial charge in [0.15, 0.2) is 5.65 Å². The average Bonchev–Trinajstić information content (AvgIpc) is 3.71. The fourth-order valence-electron chi connectivity index (χ4n) is 4.64. The number of anilines is 2. The zero-order valence-electron chi connectivity index (χ0n) is 21.6. The molecular formula is C27H32N6O3S. The van der Waals surface area contributed by atoms with E-state index in [1.165, 1.54) is 12.8 Å². The number of benzene rings is 1.